The molecule has 0 radical (unpaired) electrons. The number of esters is 1. The summed E-state index contributed by atoms with van der Waals surface area (Å²) >= 11 is 0. The van der Waals surface area contributed by atoms with Crippen molar-refractivity contribution in [1.82, 2.24) is 19.7 Å². The molecule has 0 aliphatic carbocycles. The molecule has 0 atom stereocenters. The Morgan fingerprint density at radius 3 is 2.64 bits per heavy atom. The molecule has 0 unspecified atom stereocenters. The van der Waals surface area contributed by atoms with Crippen molar-refractivity contribution in [2.45, 2.75) is 19.4 Å². The highest BCUT2D eigenvalue weighted by atomic mass is 16.5. The van der Waals surface area contributed by atoms with E-state index in [1.54, 1.807) is 6.07 Å². The van der Waals surface area contributed by atoms with Gasteiger partial charge in [-0.2, -0.15) is 5.10 Å². The van der Waals surface area contributed by atoms with Crippen LogP contribution in [0.4, 0.5) is 0 Å². The number of carbonyl (C=O) groups excluding carboxylic acids is 1. The van der Waals surface area contributed by atoms with Crippen LogP contribution in [-0.4, -0.2) is 45.8 Å². The second-order valence-electron chi connectivity index (χ2n) is 7.05. The number of fused-ring (bicyclic) bond motifs is 1. The second kappa shape index (κ2) is 7.94. The zero-order chi connectivity index (χ0) is 19.5. The van der Waals surface area contributed by atoms with Crippen LogP contribution in [0.15, 0.2) is 48.5 Å². The number of pyridine rings is 1. The number of ether oxygens (including phenoxy) is 1. The molecule has 2 aromatic heterocycles. The van der Waals surface area contributed by atoms with Crippen molar-refractivity contribution < 1.29 is 9.53 Å². The third-order valence-corrected chi connectivity index (χ3v) is 5.25. The van der Waals surface area contributed by atoms with E-state index in [4.69, 9.17) is 9.84 Å². The monoisotopic (exact) mass is 376 g/mol. The summed E-state index contributed by atoms with van der Waals surface area (Å²) in [5.41, 5.74) is 6.14. The first kappa shape index (κ1) is 18.4. The van der Waals surface area contributed by atoms with Gasteiger partial charge in [-0.3, -0.25) is 9.58 Å². The largest absolute Gasteiger partial charge is 0.464 e. The summed E-state index contributed by atoms with van der Waals surface area (Å²) in [5, 5.41) is 4.79. The minimum absolute atomic E-state index is 0.355. The standard InChI is InChI=1S/C22H24N4O2/c1-25-20-12-14-26(15-17-9-6-10-19(23-17)22(27)28-2)13-11-18(20)21(24-25)16-7-4-3-5-8-16/h3-10H,11-15H2,1-2H3. The van der Waals surface area contributed by atoms with Crippen LogP contribution in [0, 0.1) is 0 Å². The molecule has 1 aliphatic heterocycles. The maximum atomic E-state index is 11.7. The fourth-order valence-electron chi connectivity index (χ4n) is 3.82. The topological polar surface area (TPSA) is 60.2 Å². The van der Waals surface area contributed by atoms with Crippen LogP contribution in [0.1, 0.15) is 27.4 Å². The molecule has 0 saturated heterocycles. The summed E-state index contributed by atoms with van der Waals surface area (Å²) in [5.74, 6) is -0.399. The van der Waals surface area contributed by atoms with Gasteiger partial charge in [0.25, 0.3) is 0 Å². The number of rotatable bonds is 4. The van der Waals surface area contributed by atoms with Gasteiger partial charge in [0.15, 0.2) is 0 Å². The summed E-state index contributed by atoms with van der Waals surface area (Å²) in [7, 11) is 3.41. The van der Waals surface area contributed by atoms with Crippen LogP contribution in [0.3, 0.4) is 0 Å². The first-order valence-corrected chi connectivity index (χ1v) is 9.52. The number of methoxy groups -OCH3 is 1. The Labute approximate surface area is 164 Å². The van der Waals surface area contributed by atoms with Gasteiger partial charge < -0.3 is 4.74 Å². The Hall–Kier alpha value is -2.99. The van der Waals surface area contributed by atoms with Gasteiger partial charge in [0.05, 0.1) is 18.5 Å². The van der Waals surface area contributed by atoms with Crippen LogP contribution in [-0.2, 0) is 31.2 Å². The van der Waals surface area contributed by atoms with Gasteiger partial charge in [-0.1, -0.05) is 36.4 Å². The Morgan fingerprint density at radius 1 is 1.07 bits per heavy atom. The lowest BCUT2D eigenvalue weighted by atomic mass is 10.0. The number of hydrogen-bond donors (Lipinski definition) is 0. The molecule has 6 heteroatoms. The Balaban J connectivity index is 1.52. The number of aromatic nitrogens is 3. The predicted octanol–water partition coefficient (Wildman–Crippen LogP) is 2.87. The van der Waals surface area contributed by atoms with E-state index >= 15 is 0 Å². The molecular weight excluding hydrogens is 352 g/mol. The van der Waals surface area contributed by atoms with Crippen molar-refractivity contribution in [2.75, 3.05) is 20.2 Å². The van der Waals surface area contributed by atoms with Gasteiger partial charge in [0.2, 0.25) is 0 Å². The highest BCUT2D eigenvalue weighted by Gasteiger charge is 2.22. The molecule has 0 saturated carbocycles. The molecule has 0 fully saturated rings. The Bertz CT molecular complexity index is 981. The fourth-order valence-corrected chi connectivity index (χ4v) is 3.82. The lowest BCUT2D eigenvalue weighted by Gasteiger charge is -2.19. The summed E-state index contributed by atoms with van der Waals surface area (Å²) < 4.78 is 6.80. The quantitative estimate of drug-likeness (QED) is 0.656. The van der Waals surface area contributed by atoms with E-state index in [0.717, 1.165) is 37.3 Å². The minimum Gasteiger partial charge on any atom is -0.464 e. The SMILES string of the molecule is COC(=O)c1cccc(CN2CCc3c(-c4ccccc4)nn(C)c3CC2)n1. The predicted molar refractivity (Wildman–Crippen MR) is 107 cm³/mol. The first-order valence-electron chi connectivity index (χ1n) is 9.52. The van der Waals surface area contributed by atoms with Crippen LogP contribution < -0.4 is 0 Å². The molecule has 0 spiro atoms. The third-order valence-electron chi connectivity index (χ3n) is 5.25. The van der Waals surface area contributed by atoms with E-state index in [2.05, 4.69) is 34.1 Å². The highest BCUT2D eigenvalue weighted by molar-refractivity contribution is 5.87. The zero-order valence-corrected chi connectivity index (χ0v) is 16.3. The van der Waals surface area contributed by atoms with Crippen LogP contribution >= 0.6 is 0 Å². The number of aryl methyl sites for hydroxylation is 1. The zero-order valence-electron chi connectivity index (χ0n) is 16.3. The number of carbonyl (C=O) groups is 1. The summed E-state index contributed by atoms with van der Waals surface area (Å²) in [4.78, 5) is 18.6. The third kappa shape index (κ3) is 3.68. The maximum Gasteiger partial charge on any atom is 0.356 e. The normalized spacial score (nSPS) is 14.4. The average Bonchev–Trinajstić information content (AvgIpc) is 2.90. The van der Waals surface area contributed by atoms with E-state index in [1.807, 2.05) is 29.9 Å². The maximum absolute atomic E-state index is 11.7. The molecular formula is C22H24N4O2. The molecule has 3 heterocycles. The van der Waals surface area contributed by atoms with Crippen molar-refractivity contribution in [2.24, 2.45) is 7.05 Å². The molecule has 144 valence electrons. The Kier molecular flexibility index (Phi) is 5.21. The number of hydrogen-bond acceptors (Lipinski definition) is 5. The van der Waals surface area contributed by atoms with E-state index in [9.17, 15) is 4.79 Å². The van der Waals surface area contributed by atoms with Gasteiger partial charge in [-0.15, -0.1) is 0 Å². The second-order valence-corrected chi connectivity index (χ2v) is 7.05. The summed E-state index contributed by atoms with van der Waals surface area (Å²) in [6, 6.07) is 15.9. The van der Waals surface area contributed by atoms with Gasteiger partial charge in [0.1, 0.15) is 5.69 Å². The van der Waals surface area contributed by atoms with Gasteiger partial charge in [-0.25, -0.2) is 9.78 Å². The van der Waals surface area contributed by atoms with E-state index in [-0.39, 0.29) is 0 Å². The molecule has 0 N–H and O–H groups in total. The highest BCUT2D eigenvalue weighted by Crippen LogP contribution is 2.28. The molecule has 28 heavy (non-hydrogen) atoms. The summed E-state index contributed by atoms with van der Waals surface area (Å²) in [6.07, 6.45) is 1.90. The van der Waals surface area contributed by atoms with Gasteiger partial charge in [-0.05, 0) is 18.6 Å². The van der Waals surface area contributed by atoms with Crippen molar-refractivity contribution in [1.29, 1.82) is 0 Å². The minimum atomic E-state index is -0.399. The van der Waals surface area contributed by atoms with Crippen molar-refractivity contribution >= 4 is 5.97 Å². The van der Waals surface area contributed by atoms with Crippen LogP contribution in [0.2, 0.25) is 0 Å². The van der Waals surface area contributed by atoms with E-state index < -0.39 is 5.97 Å². The fraction of sp³-hybridized carbons (Fsp3) is 0.318. The summed E-state index contributed by atoms with van der Waals surface area (Å²) in [6.45, 7) is 2.58. The van der Waals surface area contributed by atoms with Crippen molar-refractivity contribution in [3.63, 3.8) is 0 Å². The number of nitrogens with zero attached hydrogens (tertiary/aromatic N) is 4. The molecule has 0 amide bonds. The van der Waals surface area contributed by atoms with Gasteiger partial charge >= 0.3 is 5.97 Å². The molecule has 6 nitrogen and oxygen atoms in total. The lowest BCUT2D eigenvalue weighted by molar-refractivity contribution is 0.0593. The molecule has 1 aromatic carbocycles. The molecule has 3 aromatic rings. The van der Waals surface area contributed by atoms with E-state index in [0.29, 0.717) is 12.2 Å². The number of benzene rings is 1. The average molecular weight is 376 g/mol. The smallest absolute Gasteiger partial charge is 0.356 e. The van der Waals surface area contributed by atoms with Crippen molar-refractivity contribution in [3.8, 4) is 11.3 Å². The van der Waals surface area contributed by atoms with Gasteiger partial charge in [0, 0.05) is 49.9 Å². The molecule has 4 rings (SSSR count). The molecule has 1 aliphatic rings. The molecule has 0 bridgehead atoms. The van der Waals surface area contributed by atoms with Crippen LogP contribution in [0.25, 0.3) is 11.3 Å². The lowest BCUT2D eigenvalue weighted by Crippen LogP contribution is -2.27. The Morgan fingerprint density at radius 2 is 1.86 bits per heavy atom. The van der Waals surface area contributed by atoms with Crippen molar-refractivity contribution in [3.05, 3.63) is 71.2 Å². The first-order chi connectivity index (χ1) is 13.7. The van der Waals surface area contributed by atoms with Crippen LogP contribution in [0.5, 0.6) is 0 Å². The van der Waals surface area contributed by atoms with E-state index in [1.165, 1.54) is 23.9 Å².